The van der Waals surface area contributed by atoms with Crippen molar-refractivity contribution in [3.05, 3.63) is 36.0 Å². The molecule has 0 amide bonds. The summed E-state index contributed by atoms with van der Waals surface area (Å²) < 4.78 is 44.7. The largest absolute Gasteiger partial charge is 0.490 e. The van der Waals surface area contributed by atoms with Crippen molar-refractivity contribution in [3.8, 4) is 17.4 Å². The molecule has 1 aromatic carbocycles. The standard InChI is InChI=1S/C21H25N3O5S/c25-30(26,17-4-6-19-20(12-17)28-11-1-10-27-19)24-9-8-15(13-24)14-29-21-7-5-18(22-23-21)16-2-3-16/h4-7,12,15-16H,1-3,8-11,13-14H2. The number of ether oxygens (including phenoxy) is 3. The molecule has 2 aromatic rings. The maximum atomic E-state index is 13.1. The molecule has 3 heterocycles. The number of sulfonamides is 1. The van der Waals surface area contributed by atoms with Crippen LogP contribution in [0.25, 0.3) is 0 Å². The number of rotatable bonds is 6. The zero-order valence-corrected chi connectivity index (χ0v) is 17.5. The number of benzene rings is 1. The highest BCUT2D eigenvalue weighted by atomic mass is 32.2. The van der Waals surface area contributed by atoms with E-state index >= 15 is 0 Å². The Morgan fingerprint density at radius 2 is 1.87 bits per heavy atom. The second-order valence-electron chi connectivity index (χ2n) is 8.06. The minimum Gasteiger partial charge on any atom is -0.490 e. The zero-order valence-electron chi connectivity index (χ0n) is 16.7. The van der Waals surface area contributed by atoms with Crippen LogP contribution in [-0.4, -0.2) is 55.8 Å². The highest BCUT2D eigenvalue weighted by Gasteiger charge is 2.33. The van der Waals surface area contributed by atoms with E-state index in [0.29, 0.717) is 56.2 Å². The molecule has 1 saturated carbocycles. The van der Waals surface area contributed by atoms with Crippen LogP contribution in [0.3, 0.4) is 0 Å². The van der Waals surface area contributed by atoms with Gasteiger partial charge in [-0.1, -0.05) is 0 Å². The molecule has 3 aliphatic rings. The first kappa shape index (κ1) is 19.6. The molecule has 1 atom stereocenters. The molecule has 2 aliphatic heterocycles. The summed E-state index contributed by atoms with van der Waals surface area (Å²) in [5.74, 6) is 2.24. The van der Waals surface area contributed by atoms with Crippen molar-refractivity contribution in [1.82, 2.24) is 14.5 Å². The van der Waals surface area contributed by atoms with E-state index in [1.807, 2.05) is 12.1 Å². The Labute approximate surface area is 176 Å². The molecule has 1 aliphatic carbocycles. The molecule has 0 N–H and O–H groups in total. The fourth-order valence-corrected chi connectivity index (χ4v) is 5.36. The van der Waals surface area contributed by atoms with Crippen molar-refractivity contribution in [3.63, 3.8) is 0 Å². The molecule has 160 valence electrons. The van der Waals surface area contributed by atoms with Gasteiger partial charge in [0.1, 0.15) is 0 Å². The quantitative estimate of drug-likeness (QED) is 0.694. The van der Waals surface area contributed by atoms with E-state index in [9.17, 15) is 8.42 Å². The van der Waals surface area contributed by atoms with Gasteiger partial charge in [0, 0.05) is 43.5 Å². The lowest BCUT2D eigenvalue weighted by molar-refractivity contribution is 0.243. The lowest BCUT2D eigenvalue weighted by Crippen LogP contribution is -2.29. The Hall–Kier alpha value is -2.39. The molecule has 9 heteroatoms. The number of hydrogen-bond acceptors (Lipinski definition) is 7. The maximum Gasteiger partial charge on any atom is 0.243 e. The number of hydrogen-bond donors (Lipinski definition) is 0. The summed E-state index contributed by atoms with van der Waals surface area (Å²) in [5.41, 5.74) is 1.02. The van der Waals surface area contributed by atoms with Gasteiger partial charge in [-0.05, 0) is 37.5 Å². The first-order chi connectivity index (χ1) is 14.6. The van der Waals surface area contributed by atoms with Crippen LogP contribution in [0.15, 0.2) is 35.2 Å². The van der Waals surface area contributed by atoms with Gasteiger partial charge < -0.3 is 14.2 Å². The van der Waals surface area contributed by atoms with Crippen LogP contribution in [0.1, 0.15) is 37.3 Å². The first-order valence-corrected chi connectivity index (χ1v) is 11.9. The van der Waals surface area contributed by atoms with Gasteiger partial charge in [0.05, 0.1) is 30.4 Å². The van der Waals surface area contributed by atoms with Crippen LogP contribution in [0.2, 0.25) is 0 Å². The molecule has 1 unspecified atom stereocenters. The van der Waals surface area contributed by atoms with Crippen molar-refractivity contribution in [1.29, 1.82) is 0 Å². The summed E-state index contributed by atoms with van der Waals surface area (Å²) in [6.07, 6.45) is 3.89. The Kier molecular flexibility index (Phi) is 5.24. The zero-order chi connectivity index (χ0) is 20.6. The van der Waals surface area contributed by atoms with Gasteiger partial charge in [-0.2, -0.15) is 9.40 Å². The summed E-state index contributed by atoms with van der Waals surface area (Å²) in [6.45, 7) is 2.40. The van der Waals surface area contributed by atoms with Crippen molar-refractivity contribution in [2.75, 3.05) is 32.9 Å². The summed E-state index contributed by atoms with van der Waals surface area (Å²) in [4.78, 5) is 0.231. The van der Waals surface area contributed by atoms with Crippen molar-refractivity contribution in [2.45, 2.75) is 36.5 Å². The summed E-state index contributed by atoms with van der Waals surface area (Å²) in [6, 6.07) is 8.64. The lowest BCUT2D eigenvalue weighted by atomic mass is 10.1. The highest BCUT2D eigenvalue weighted by Crippen LogP contribution is 2.38. The number of aromatic nitrogens is 2. The van der Waals surface area contributed by atoms with Gasteiger partial charge >= 0.3 is 0 Å². The fraction of sp³-hybridized carbons (Fsp3) is 0.524. The average molecular weight is 432 g/mol. The predicted octanol–water partition coefficient (Wildman–Crippen LogP) is 2.60. The SMILES string of the molecule is O=S(=O)(c1ccc2c(c1)OCCCO2)N1CCC(COc2ccc(C3CC3)nn2)C1. The Morgan fingerprint density at radius 3 is 2.63 bits per heavy atom. The third-order valence-corrected chi connectivity index (χ3v) is 7.59. The van der Waals surface area contributed by atoms with Crippen LogP contribution in [0.4, 0.5) is 0 Å². The number of nitrogens with zero attached hydrogens (tertiary/aromatic N) is 3. The average Bonchev–Trinajstić information content (AvgIpc) is 3.54. The maximum absolute atomic E-state index is 13.1. The predicted molar refractivity (Wildman–Crippen MR) is 108 cm³/mol. The topological polar surface area (TPSA) is 90.9 Å². The smallest absolute Gasteiger partial charge is 0.243 e. The van der Waals surface area contributed by atoms with E-state index in [0.717, 1.165) is 18.5 Å². The van der Waals surface area contributed by atoms with E-state index in [2.05, 4.69) is 10.2 Å². The van der Waals surface area contributed by atoms with Gasteiger partial charge in [0.15, 0.2) is 11.5 Å². The molecular formula is C21H25N3O5S. The molecule has 30 heavy (non-hydrogen) atoms. The molecular weight excluding hydrogens is 406 g/mol. The van der Waals surface area contributed by atoms with Crippen molar-refractivity contribution in [2.24, 2.45) is 5.92 Å². The summed E-state index contributed by atoms with van der Waals surface area (Å²) in [7, 11) is -3.59. The molecule has 0 spiro atoms. The first-order valence-electron chi connectivity index (χ1n) is 10.5. The minimum absolute atomic E-state index is 0.116. The number of fused-ring (bicyclic) bond motifs is 1. The van der Waals surface area contributed by atoms with Gasteiger partial charge in [-0.25, -0.2) is 8.42 Å². The second-order valence-corrected chi connectivity index (χ2v) is 10.00. The molecule has 1 saturated heterocycles. The molecule has 5 rings (SSSR count). The van der Waals surface area contributed by atoms with Crippen LogP contribution < -0.4 is 14.2 Å². The molecule has 1 aromatic heterocycles. The Morgan fingerprint density at radius 1 is 1.03 bits per heavy atom. The lowest BCUT2D eigenvalue weighted by Gasteiger charge is -2.18. The van der Waals surface area contributed by atoms with Crippen LogP contribution in [0.5, 0.6) is 17.4 Å². The van der Waals surface area contributed by atoms with E-state index < -0.39 is 10.0 Å². The highest BCUT2D eigenvalue weighted by molar-refractivity contribution is 7.89. The Bertz CT molecular complexity index is 1010. The molecule has 2 fully saturated rings. The Balaban J connectivity index is 1.21. The third kappa shape index (κ3) is 4.09. The molecule has 0 radical (unpaired) electrons. The van der Waals surface area contributed by atoms with E-state index in [1.54, 1.807) is 18.2 Å². The van der Waals surface area contributed by atoms with Gasteiger partial charge in [-0.3, -0.25) is 0 Å². The summed E-state index contributed by atoms with van der Waals surface area (Å²) in [5, 5.41) is 8.35. The fourth-order valence-electron chi connectivity index (χ4n) is 3.81. The monoisotopic (exact) mass is 431 g/mol. The van der Waals surface area contributed by atoms with Crippen molar-refractivity contribution < 1.29 is 22.6 Å². The van der Waals surface area contributed by atoms with E-state index in [4.69, 9.17) is 14.2 Å². The minimum atomic E-state index is -3.59. The third-order valence-electron chi connectivity index (χ3n) is 5.73. The van der Waals surface area contributed by atoms with Gasteiger partial charge in [0.25, 0.3) is 0 Å². The van der Waals surface area contributed by atoms with Crippen LogP contribution >= 0.6 is 0 Å². The molecule has 8 nitrogen and oxygen atoms in total. The second kappa shape index (κ2) is 8.03. The van der Waals surface area contributed by atoms with Gasteiger partial charge in [-0.15, -0.1) is 5.10 Å². The van der Waals surface area contributed by atoms with Crippen LogP contribution in [-0.2, 0) is 10.0 Å². The van der Waals surface area contributed by atoms with E-state index in [-0.39, 0.29) is 10.8 Å². The van der Waals surface area contributed by atoms with Crippen molar-refractivity contribution >= 4 is 10.0 Å². The normalized spacial score (nSPS) is 21.9. The van der Waals surface area contributed by atoms with E-state index in [1.165, 1.54) is 17.1 Å². The summed E-state index contributed by atoms with van der Waals surface area (Å²) >= 11 is 0. The van der Waals surface area contributed by atoms with Crippen LogP contribution in [0, 0.1) is 5.92 Å². The van der Waals surface area contributed by atoms with Gasteiger partial charge in [0.2, 0.25) is 15.9 Å². The molecule has 0 bridgehead atoms.